The Bertz CT molecular complexity index is 1410. The molecule has 0 fully saturated rings. The van der Waals surface area contributed by atoms with Crippen LogP contribution in [0.25, 0.3) is 0 Å². The molecular formula is C33H43N3O4S. The maximum Gasteiger partial charge on any atom is 0.264 e. The lowest BCUT2D eigenvalue weighted by atomic mass is 10.1. The largest absolute Gasteiger partial charge is 0.354 e. The predicted octanol–water partition coefficient (Wildman–Crippen LogP) is 5.57. The number of nitrogens with zero attached hydrogens (tertiary/aromatic N) is 2. The van der Waals surface area contributed by atoms with Gasteiger partial charge in [-0.05, 0) is 81.0 Å². The van der Waals surface area contributed by atoms with Crippen molar-refractivity contribution in [2.75, 3.05) is 23.9 Å². The molecule has 0 spiro atoms. The van der Waals surface area contributed by atoms with Crippen molar-refractivity contribution in [2.45, 2.75) is 71.2 Å². The summed E-state index contributed by atoms with van der Waals surface area (Å²) in [5.41, 5.74) is 4.31. The average Bonchev–Trinajstić information content (AvgIpc) is 2.96. The third-order valence-corrected chi connectivity index (χ3v) is 9.15. The third kappa shape index (κ3) is 8.43. The van der Waals surface area contributed by atoms with Gasteiger partial charge in [0.2, 0.25) is 11.8 Å². The predicted molar refractivity (Wildman–Crippen MR) is 165 cm³/mol. The number of benzene rings is 3. The molecule has 7 nitrogen and oxygen atoms in total. The number of nitrogens with one attached hydrogen (secondary N) is 1. The second-order valence-electron chi connectivity index (χ2n) is 10.5. The van der Waals surface area contributed by atoms with Crippen molar-refractivity contribution in [3.05, 3.63) is 95.1 Å². The highest BCUT2D eigenvalue weighted by atomic mass is 32.2. The molecule has 3 aromatic rings. The Kier molecular flexibility index (Phi) is 11.5. The Morgan fingerprint density at radius 3 is 2.17 bits per heavy atom. The first-order valence-corrected chi connectivity index (χ1v) is 15.8. The fraction of sp³-hybridized carbons (Fsp3) is 0.394. The van der Waals surface area contributed by atoms with E-state index in [9.17, 15) is 18.0 Å². The summed E-state index contributed by atoms with van der Waals surface area (Å²) >= 11 is 0. The molecule has 0 aliphatic rings. The van der Waals surface area contributed by atoms with E-state index in [1.807, 2.05) is 64.1 Å². The van der Waals surface area contributed by atoms with Crippen molar-refractivity contribution in [3.63, 3.8) is 0 Å². The van der Waals surface area contributed by atoms with E-state index in [1.165, 1.54) is 4.31 Å². The van der Waals surface area contributed by atoms with E-state index >= 15 is 0 Å². The maximum atomic E-state index is 14.1. The second kappa shape index (κ2) is 14.8. The highest BCUT2D eigenvalue weighted by Gasteiger charge is 2.33. The lowest BCUT2D eigenvalue weighted by Crippen LogP contribution is -2.53. The average molecular weight is 578 g/mol. The number of aryl methyl sites for hydroxylation is 3. The summed E-state index contributed by atoms with van der Waals surface area (Å²) in [6, 6.07) is 21.0. The van der Waals surface area contributed by atoms with E-state index in [2.05, 4.69) is 12.2 Å². The minimum Gasteiger partial charge on any atom is -0.354 e. The van der Waals surface area contributed by atoms with Crippen LogP contribution in [0.1, 0.15) is 55.4 Å². The molecule has 0 aliphatic heterocycles. The van der Waals surface area contributed by atoms with E-state index in [0.717, 1.165) is 35.1 Å². The lowest BCUT2D eigenvalue weighted by Gasteiger charge is -2.33. The first-order valence-electron chi connectivity index (χ1n) is 14.4. The molecule has 0 aromatic heterocycles. The van der Waals surface area contributed by atoms with Crippen molar-refractivity contribution in [2.24, 2.45) is 0 Å². The summed E-state index contributed by atoms with van der Waals surface area (Å²) < 4.78 is 29.2. The molecule has 8 heteroatoms. The van der Waals surface area contributed by atoms with Crippen molar-refractivity contribution < 1.29 is 18.0 Å². The van der Waals surface area contributed by atoms with Crippen molar-refractivity contribution in [1.29, 1.82) is 0 Å². The van der Waals surface area contributed by atoms with Crippen LogP contribution in [0.2, 0.25) is 0 Å². The monoisotopic (exact) mass is 577 g/mol. The van der Waals surface area contributed by atoms with Crippen LogP contribution in [-0.2, 0) is 26.0 Å². The molecular weight excluding hydrogens is 534 g/mol. The van der Waals surface area contributed by atoms with E-state index in [0.29, 0.717) is 25.1 Å². The Morgan fingerprint density at radius 2 is 1.56 bits per heavy atom. The molecule has 0 saturated heterocycles. The maximum absolute atomic E-state index is 14.1. The fourth-order valence-electron chi connectivity index (χ4n) is 4.65. The van der Waals surface area contributed by atoms with Crippen LogP contribution in [0.15, 0.2) is 77.7 Å². The van der Waals surface area contributed by atoms with Gasteiger partial charge >= 0.3 is 0 Å². The van der Waals surface area contributed by atoms with Gasteiger partial charge in [-0.25, -0.2) is 8.42 Å². The van der Waals surface area contributed by atoms with Gasteiger partial charge in [-0.3, -0.25) is 13.9 Å². The Morgan fingerprint density at radius 1 is 0.878 bits per heavy atom. The van der Waals surface area contributed by atoms with E-state index in [4.69, 9.17) is 0 Å². The topological polar surface area (TPSA) is 86.8 Å². The summed E-state index contributed by atoms with van der Waals surface area (Å²) in [5.74, 6) is -0.645. The fourth-order valence-corrected chi connectivity index (χ4v) is 6.06. The smallest absolute Gasteiger partial charge is 0.264 e. The number of anilines is 1. The standard InChI is InChI=1S/C33H43N3O4S/c1-6-8-21-34-33(38)31(7-2)35(22-20-28-12-10-9-11-13-28)32(37)24-36(29-17-16-26(4)27(5)23-29)41(39,40)30-18-14-25(3)15-19-30/h9-19,23,31H,6-8,20-22,24H2,1-5H3,(H,34,38)/t31-/m0/s1. The van der Waals surface area contributed by atoms with Crippen LogP contribution < -0.4 is 9.62 Å². The molecule has 2 amide bonds. The Labute approximate surface area is 245 Å². The quantitative estimate of drug-likeness (QED) is 0.254. The van der Waals surface area contributed by atoms with Gasteiger partial charge in [-0.2, -0.15) is 0 Å². The van der Waals surface area contributed by atoms with Crippen molar-refractivity contribution >= 4 is 27.5 Å². The van der Waals surface area contributed by atoms with Crippen molar-refractivity contribution in [3.8, 4) is 0 Å². The van der Waals surface area contributed by atoms with E-state index in [1.54, 1.807) is 41.3 Å². The summed E-state index contributed by atoms with van der Waals surface area (Å²) in [4.78, 5) is 29.0. The first-order chi connectivity index (χ1) is 19.6. The van der Waals surface area contributed by atoms with Gasteiger partial charge in [0.1, 0.15) is 12.6 Å². The van der Waals surface area contributed by atoms with Crippen LogP contribution in [0.4, 0.5) is 5.69 Å². The molecule has 41 heavy (non-hydrogen) atoms. The third-order valence-electron chi connectivity index (χ3n) is 7.37. The van der Waals surface area contributed by atoms with E-state index in [-0.39, 0.29) is 17.3 Å². The normalized spacial score (nSPS) is 12.0. The molecule has 3 aromatic carbocycles. The molecule has 3 rings (SSSR count). The number of carbonyl (C=O) groups excluding carboxylic acids is 2. The first kappa shape index (κ1) is 31.9. The summed E-state index contributed by atoms with van der Waals surface area (Å²) in [6.07, 6.45) is 2.73. The second-order valence-corrected chi connectivity index (χ2v) is 12.3. The van der Waals surface area contributed by atoms with Gasteiger partial charge < -0.3 is 10.2 Å². The van der Waals surface area contributed by atoms with Gasteiger partial charge in [0.25, 0.3) is 10.0 Å². The zero-order valence-electron chi connectivity index (χ0n) is 24.9. The molecule has 0 saturated carbocycles. The molecule has 0 radical (unpaired) electrons. The molecule has 1 N–H and O–H groups in total. The number of amides is 2. The summed E-state index contributed by atoms with van der Waals surface area (Å²) in [7, 11) is -4.08. The van der Waals surface area contributed by atoms with Crippen LogP contribution >= 0.6 is 0 Å². The van der Waals surface area contributed by atoms with Gasteiger partial charge in [-0.15, -0.1) is 0 Å². The highest BCUT2D eigenvalue weighted by molar-refractivity contribution is 7.92. The molecule has 0 heterocycles. The van der Waals surface area contributed by atoms with Gasteiger partial charge in [0, 0.05) is 13.1 Å². The van der Waals surface area contributed by atoms with Gasteiger partial charge in [0.15, 0.2) is 0 Å². The number of rotatable bonds is 14. The van der Waals surface area contributed by atoms with Crippen LogP contribution in [0.3, 0.4) is 0 Å². The molecule has 1 atom stereocenters. The number of hydrogen-bond acceptors (Lipinski definition) is 4. The molecule has 220 valence electrons. The van der Waals surface area contributed by atoms with Crippen LogP contribution in [0.5, 0.6) is 0 Å². The zero-order chi connectivity index (χ0) is 30.0. The minimum absolute atomic E-state index is 0.106. The molecule has 0 bridgehead atoms. The number of hydrogen-bond donors (Lipinski definition) is 1. The van der Waals surface area contributed by atoms with E-state index < -0.39 is 28.5 Å². The van der Waals surface area contributed by atoms with Crippen LogP contribution in [-0.4, -0.2) is 50.8 Å². The lowest BCUT2D eigenvalue weighted by molar-refractivity contribution is -0.139. The Balaban J connectivity index is 2.01. The number of carbonyl (C=O) groups is 2. The number of unbranched alkanes of at least 4 members (excludes halogenated alkanes) is 1. The molecule has 0 unspecified atom stereocenters. The SMILES string of the molecule is CCCCNC(=O)[C@H](CC)N(CCc1ccccc1)C(=O)CN(c1ccc(C)c(C)c1)S(=O)(=O)c1ccc(C)cc1. The van der Waals surface area contributed by atoms with Crippen molar-refractivity contribution in [1.82, 2.24) is 10.2 Å². The zero-order valence-corrected chi connectivity index (χ0v) is 25.7. The van der Waals surface area contributed by atoms with Gasteiger partial charge in [0.05, 0.1) is 10.6 Å². The summed E-state index contributed by atoms with van der Waals surface area (Å²) in [5, 5.41) is 2.96. The summed E-state index contributed by atoms with van der Waals surface area (Å²) in [6.45, 7) is 10.1. The van der Waals surface area contributed by atoms with Crippen LogP contribution in [0, 0.1) is 20.8 Å². The molecule has 0 aliphatic carbocycles. The Hall–Kier alpha value is -3.65. The number of sulfonamides is 1. The van der Waals surface area contributed by atoms with Gasteiger partial charge in [-0.1, -0.05) is 74.4 Å². The highest BCUT2D eigenvalue weighted by Crippen LogP contribution is 2.26. The minimum atomic E-state index is -4.08.